The van der Waals surface area contributed by atoms with Gasteiger partial charge in [-0.3, -0.25) is 0 Å². The van der Waals surface area contributed by atoms with Gasteiger partial charge < -0.3 is 14.7 Å². The van der Waals surface area contributed by atoms with Gasteiger partial charge in [-0.25, -0.2) is 0 Å². The zero-order valence-corrected chi connectivity index (χ0v) is 13.1. The molecule has 4 rings (SSSR count). The number of hydrogen-bond acceptors (Lipinski definition) is 4. The molecule has 2 N–H and O–H groups in total. The van der Waals surface area contributed by atoms with Crippen LogP contribution in [0.25, 0.3) is 22.5 Å². The number of aryl methyl sites for hydroxylation is 1. The Labute approximate surface area is 137 Å². The van der Waals surface area contributed by atoms with Gasteiger partial charge >= 0.3 is 6.01 Å². The lowest BCUT2D eigenvalue weighted by atomic mass is 10.1. The number of fused-ring (bicyclic) bond motifs is 1. The number of aromatic nitrogens is 3. The van der Waals surface area contributed by atoms with E-state index in [1.165, 1.54) is 0 Å². The lowest BCUT2D eigenvalue weighted by Gasteiger charge is -1.99. The highest BCUT2D eigenvalue weighted by Gasteiger charge is 2.16. The molecule has 0 amide bonds. The first-order valence-corrected chi connectivity index (χ1v) is 7.52. The molecule has 23 heavy (non-hydrogen) atoms. The van der Waals surface area contributed by atoms with E-state index in [1.807, 2.05) is 55.5 Å². The SMILES string of the molecule is Cc1c(-c2nnc(Nc3ccccc3)o2)[nH]c2ccc(Cl)cc12. The fourth-order valence-electron chi connectivity index (χ4n) is 2.53. The Morgan fingerprint density at radius 3 is 2.74 bits per heavy atom. The quantitative estimate of drug-likeness (QED) is 0.561. The monoisotopic (exact) mass is 324 g/mol. The first kappa shape index (κ1) is 13.8. The van der Waals surface area contributed by atoms with Gasteiger partial charge in [0.1, 0.15) is 5.69 Å². The minimum atomic E-state index is 0.349. The van der Waals surface area contributed by atoms with Gasteiger partial charge in [-0.15, -0.1) is 5.10 Å². The topological polar surface area (TPSA) is 66.7 Å². The van der Waals surface area contributed by atoms with Gasteiger partial charge in [0, 0.05) is 21.6 Å². The highest BCUT2D eigenvalue weighted by Crippen LogP contribution is 2.31. The lowest BCUT2D eigenvalue weighted by Crippen LogP contribution is -1.88. The van der Waals surface area contributed by atoms with Crippen LogP contribution in [-0.4, -0.2) is 15.2 Å². The van der Waals surface area contributed by atoms with E-state index in [0.717, 1.165) is 27.8 Å². The number of rotatable bonds is 3. The fraction of sp³-hybridized carbons (Fsp3) is 0.0588. The van der Waals surface area contributed by atoms with E-state index >= 15 is 0 Å². The number of nitrogens with one attached hydrogen (secondary N) is 2. The van der Waals surface area contributed by atoms with Crippen molar-refractivity contribution in [2.45, 2.75) is 6.92 Å². The normalized spacial score (nSPS) is 11.0. The van der Waals surface area contributed by atoms with Crippen LogP contribution in [0.2, 0.25) is 5.02 Å². The smallest absolute Gasteiger partial charge is 0.320 e. The summed E-state index contributed by atoms with van der Waals surface area (Å²) in [6.45, 7) is 2.00. The minimum absolute atomic E-state index is 0.349. The van der Waals surface area contributed by atoms with E-state index in [2.05, 4.69) is 20.5 Å². The predicted molar refractivity (Wildman–Crippen MR) is 91.1 cm³/mol. The van der Waals surface area contributed by atoms with Gasteiger partial charge in [-0.2, -0.15) is 0 Å². The molecule has 0 fully saturated rings. The number of aromatic amines is 1. The summed E-state index contributed by atoms with van der Waals surface area (Å²) in [4.78, 5) is 3.30. The number of anilines is 2. The second-order valence-electron chi connectivity index (χ2n) is 5.22. The molecule has 4 aromatic rings. The molecule has 5 nitrogen and oxygen atoms in total. The Morgan fingerprint density at radius 1 is 1.09 bits per heavy atom. The third-order valence-corrected chi connectivity index (χ3v) is 3.92. The average Bonchev–Trinajstić information content (AvgIpc) is 3.14. The molecule has 2 heterocycles. The number of nitrogens with zero attached hydrogens (tertiary/aromatic N) is 2. The van der Waals surface area contributed by atoms with Crippen LogP contribution in [-0.2, 0) is 0 Å². The summed E-state index contributed by atoms with van der Waals surface area (Å²) < 4.78 is 5.72. The van der Waals surface area contributed by atoms with Crippen LogP contribution in [0.5, 0.6) is 0 Å². The summed E-state index contributed by atoms with van der Waals surface area (Å²) in [7, 11) is 0. The lowest BCUT2D eigenvalue weighted by molar-refractivity contribution is 0.585. The Bertz CT molecular complexity index is 975. The Balaban J connectivity index is 1.70. The van der Waals surface area contributed by atoms with Crippen LogP contribution in [0.3, 0.4) is 0 Å². The van der Waals surface area contributed by atoms with Crippen molar-refractivity contribution in [2.75, 3.05) is 5.32 Å². The molecular formula is C17H13ClN4O. The molecule has 0 saturated heterocycles. The molecule has 6 heteroatoms. The Morgan fingerprint density at radius 2 is 1.91 bits per heavy atom. The van der Waals surface area contributed by atoms with Crippen LogP contribution in [0.1, 0.15) is 5.56 Å². The van der Waals surface area contributed by atoms with Gasteiger partial charge in [0.15, 0.2) is 0 Å². The van der Waals surface area contributed by atoms with Crippen molar-refractivity contribution in [3.8, 4) is 11.6 Å². The first-order chi connectivity index (χ1) is 11.2. The second kappa shape index (κ2) is 5.44. The maximum absolute atomic E-state index is 6.07. The zero-order chi connectivity index (χ0) is 15.8. The number of halogens is 1. The van der Waals surface area contributed by atoms with Crippen LogP contribution in [0.15, 0.2) is 52.9 Å². The molecule has 0 saturated carbocycles. The van der Waals surface area contributed by atoms with Crippen LogP contribution < -0.4 is 5.32 Å². The van der Waals surface area contributed by atoms with E-state index in [-0.39, 0.29) is 0 Å². The van der Waals surface area contributed by atoms with Crippen molar-refractivity contribution in [1.82, 2.24) is 15.2 Å². The summed E-state index contributed by atoms with van der Waals surface area (Å²) >= 11 is 6.07. The molecule has 114 valence electrons. The largest absolute Gasteiger partial charge is 0.402 e. The van der Waals surface area contributed by atoms with Gasteiger partial charge in [0.25, 0.3) is 5.89 Å². The predicted octanol–water partition coefficient (Wildman–Crippen LogP) is 4.92. The molecule has 0 atom stereocenters. The molecule has 2 aromatic carbocycles. The Hall–Kier alpha value is -2.79. The highest BCUT2D eigenvalue weighted by molar-refractivity contribution is 6.31. The van der Waals surface area contributed by atoms with Gasteiger partial charge in [0.05, 0.1) is 0 Å². The zero-order valence-electron chi connectivity index (χ0n) is 12.3. The first-order valence-electron chi connectivity index (χ1n) is 7.14. The van der Waals surface area contributed by atoms with Gasteiger partial charge in [-0.1, -0.05) is 34.9 Å². The average molecular weight is 325 g/mol. The van der Waals surface area contributed by atoms with Crippen molar-refractivity contribution < 1.29 is 4.42 Å². The van der Waals surface area contributed by atoms with Crippen molar-refractivity contribution >= 4 is 34.2 Å². The summed E-state index contributed by atoms with van der Waals surface area (Å²) in [5.74, 6) is 0.438. The molecule has 0 spiro atoms. The Kier molecular flexibility index (Phi) is 3.28. The van der Waals surface area contributed by atoms with E-state index in [9.17, 15) is 0 Å². The standard InChI is InChI=1S/C17H13ClN4O/c1-10-13-9-11(18)7-8-14(13)20-15(10)16-21-22-17(23-16)19-12-5-3-2-4-6-12/h2-9,20H,1H3,(H,19,22). The van der Waals surface area contributed by atoms with Crippen LogP contribution in [0, 0.1) is 6.92 Å². The molecule has 0 aliphatic rings. The molecular weight excluding hydrogens is 312 g/mol. The van der Waals surface area contributed by atoms with Crippen LogP contribution >= 0.6 is 11.6 Å². The maximum atomic E-state index is 6.07. The van der Waals surface area contributed by atoms with Crippen LogP contribution in [0.4, 0.5) is 11.7 Å². The minimum Gasteiger partial charge on any atom is -0.402 e. The van der Waals surface area contributed by atoms with Gasteiger partial charge in [-0.05, 0) is 42.8 Å². The summed E-state index contributed by atoms with van der Waals surface area (Å²) in [5.41, 5.74) is 3.70. The summed E-state index contributed by atoms with van der Waals surface area (Å²) in [5, 5.41) is 13.0. The molecule has 2 aromatic heterocycles. The highest BCUT2D eigenvalue weighted by atomic mass is 35.5. The molecule has 0 aliphatic heterocycles. The van der Waals surface area contributed by atoms with Crippen molar-refractivity contribution in [3.05, 3.63) is 59.1 Å². The number of H-pyrrole nitrogens is 1. The van der Waals surface area contributed by atoms with Crippen molar-refractivity contribution in [2.24, 2.45) is 0 Å². The van der Waals surface area contributed by atoms with Crippen molar-refractivity contribution in [1.29, 1.82) is 0 Å². The third-order valence-electron chi connectivity index (χ3n) is 3.68. The number of benzene rings is 2. The summed E-state index contributed by atoms with van der Waals surface area (Å²) in [6.07, 6.45) is 0. The second-order valence-corrected chi connectivity index (χ2v) is 5.65. The molecule has 0 radical (unpaired) electrons. The van der Waals surface area contributed by atoms with E-state index in [1.54, 1.807) is 0 Å². The molecule has 0 aliphatic carbocycles. The summed E-state index contributed by atoms with van der Waals surface area (Å²) in [6, 6.07) is 15.7. The fourth-order valence-corrected chi connectivity index (χ4v) is 2.70. The molecule has 0 unspecified atom stereocenters. The van der Waals surface area contributed by atoms with E-state index in [0.29, 0.717) is 16.9 Å². The number of para-hydroxylation sites is 1. The van der Waals surface area contributed by atoms with Gasteiger partial charge in [0.2, 0.25) is 0 Å². The number of hydrogen-bond donors (Lipinski definition) is 2. The van der Waals surface area contributed by atoms with E-state index < -0.39 is 0 Å². The third kappa shape index (κ3) is 2.55. The maximum Gasteiger partial charge on any atom is 0.320 e. The molecule has 0 bridgehead atoms. The van der Waals surface area contributed by atoms with E-state index in [4.69, 9.17) is 16.0 Å². The van der Waals surface area contributed by atoms with Crippen molar-refractivity contribution in [3.63, 3.8) is 0 Å².